The van der Waals surface area contributed by atoms with Crippen LogP contribution in [0.2, 0.25) is 0 Å². The Morgan fingerprint density at radius 3 is 2.80 bits per heavy atom. The van der Waals surface area contributed by atoms with Gasteiger partial charge < -0.3 is 14.8 Å². The summed E-state index contributed by atoms with van der Waals surface area (Å²) < 4.78 is 23.3. The molecule has 1 aromatic carbocycles. The maximum Gasteiger partial charge on any atom is 0.162 e. The number of hydrogen-bond acceptors (Lipinski definition) is 4. The molecular weight excluding hydrogens is 274 g/mol. The van der Waals surface area contributed by atoms with Gasteiger partial charge in [0.15, 0.2) is 11.5 Å². The molecule has 0 saturated carbocycles. The predicted octanol–water partition coefficient (Wildman–Crippen LogP) is 2.34. The monoisotopic (exact) mass is 297 g/mol. The van der Waals surface area contributed by atoms with Gasteiger partial charge in [0.05, 0.1) is 10.8 Å². The van der Waals surface area contributed by atoms with Crippen molar-refractivity contribution in [2.24, 2.45) is 0 Å². The summed E-state index contributed by atoms with van der Waals surface area (Å²) in [5.41, 5.74) is 0. The Labute approximate surface area is 123 Å². The first kappa shape index (κ1) is 15.3. The Balaban J connectivity index is 1.89. The van der Waals surface area contributed by atoms with E-state index < -0.39 is 10.8 Å². The molecule has 112 valence electrons. The van der Waals surface area contributed by atoms with E-state index in [1.165, 1.54) is 0 Å². The van der Waals surface area contributed by atoms with Crippen LogP contribution in [0.25, 0.3) is 0 Å². The number of nitrogens with one attached hydrogen (secondary N) is 1. The van der Waals surface area contributed by atoms with Crippen molar-refractivity contribution in [2.75, 3.05) is 25.5 Å². The van der Waals surface area contributed by atoms with Gasteiger partial charge in [0.2, 0.25) is 0 Å². The predicted molar refractivity (Wildman–Crippen MR) is 81.1 cm³/mol. The van der Waals surface area contributed by atoms with E-state index in [2.05, 4.69) is 19.2 Å². The van der Waals surface area contributed by atoms with E-state index in [0.717, 1.165) is 30.0 Å². The quantitative estimate of drug-likeness (QED) is 0.839. The number of fused-ring (bicyclic) bond motifs is 1. The molecule has 0 fully saturated rings. The highest BCUT2D eigenvalue weighted by atomic mass is 32.2. The fourth-order valence-electron chi connectivity index (χ4n) is 2.06. The fraction of sp³-hybridized carbons (Fsp3) is 0.600. The topological polar surface area (TPSA) is 47.6 Å². The minimum atomic E-state index is -0.983. The van der Waals surface area contributed by atoms with E-state index in [1.807, 2.05) is 18.2 Å². The summed E-state index contributed by atoms with van der Waals surface area (Å²) in [5, 5.41) is 3.41. The Kier molecular flexibility index (Phi) is 5.86. The van der Waals surface area contributed by atoms with Crippen LogP contribution in [0.3, 0.4) is 0 Å². The first-order chi connectivity index (χ1) is 9.70. The van der Waals surface area contributed by atoms with Crippen molar-refractivity contribution >= 4 is 10.8 Å². The van der Waals surface area contributed by atoms with Crippen LogP contribution in [0.5, 0.6) is 11.5 Å². The van der Waals surface area contributed by atoms with Crippen molar-refractivity contribution < 1.29 is 13.7 Å². The van der Waals surface area contributed by atoms with Gasteiger partial charge in [0.1, 0.15) is 13.2 Å². The van der Waals surface area contributed by atoms with Gasteiger partial charge in [-0.2, -0.15) is 0 Å². The zero-order chi connectivity index (χ0) is 14.4. The molecule has 0 radical (unpaired) electrons. The van der Waals surface area contributed by atoms with Crippen molar-refractivity contribution in [1.82, 2.24) is 5.32 Å². The van der Waals surface area contributed by atoms with Crippen LogP contribution in [0.15, 0.2) is 23.1 Å². The summed E-state index contributed by atoms with van der Waals surface area (Å²) in [4.78, 5) is 0.817. The Morgan fingerprint density at radius 1 is 1.30 bits per heavy atom. The van der Waals surface area contributed by atoms with Crippen LogP contribution >= 0.6 is 0 Å². The molecule has 0 aliphatic carbocycles. The highest BCUT2D eigenvalue weighted by Crippen LogP contribution is 2.31. The van der Waals surface area contributed by atoms with Crippen LogP contribution in [0, 0.1) is 0 Å². The molecule has 0 aromatic heterocycles. The van der Waals surface area contributed by atoms with Gasteiger partial charge >= 0.3 is 0 Å². The fourth-order valence-corrected chi connectivity index (χ4v) is 3.32. The SMILES string of the molecule is CCCNC(C)CCS(=O)c1ccc2c(c1)OCCO2. The van der Waals surface area contributed by atoms with Crippen molar-refractivity contribution in [3.63, 3.8) is 0 Å². The third-order valence-electron chi connectivity index (χ3n) is 3.26. The van der Waals surface area contributed by atoms with Crippen molar-refractivity contribution in [2.45, 2.75) is 37.6 Å². The lowest BCUT2D eigenvalue weighted by atomic mass is 10.2. The minimum Gasteiger partial charge on any atom is -0.486 e. The number of rotatable bonds is 7. The lowest BCUT2D eigenvalue weighted by Gasteiger charge is -2.19. The molecule has 1 heterocycles. The molecule has 1 aliphatic heterocycles. The lowest BCUT2D eigenvalue weighted by Crippen LogP contribution is -2.28. The summed E-state index contributed by atoms with van der Waals surface area (Å²) in [7, 11) is -0.983. The Bertz CT molecular complexity index is 464. The Morgan fingerprint density at radius 2 is 2.05 bits per heavy atom. The maximum absolute atomic E-state index is 12.3. The second kappa shape index (κ2) is 7.64. The van der Waals surface area contributed by atoms with E-state index in [4.69, 9.17) is 9.47 Å². The third kappa shape index (κ3) is 4.21. The molecule has 1 aromatic rings. The molecule has 5 heteroatoms. The summed E-state index contributed by atoms with van der Waals surface area (Å²) in [6, 6.07) is 5.96. The second-order valence-electron chi connectivity index (χ2n) is 5.00. The van der Waals surface area contributed by atoms with Gasteiger partial charge in [-0.25, -0.2) is 0 Å². The first-order valence-electron chi connectivity index (χ1n) is 7.22. The van der Waals surface area contributed by atoms with Crippen molar-refractivity contribution in [1.29, 1.82) is 0 Å². The highest BCUT2D eigenvalue weighted by molar-refractivity contribution is 7.85. The van der Waals surface area contributed by atoms with Crippen LogP contribution in [-0.4, -0.2) is 35.8 Å². The van der Waals surface area contributed by atoms with Crippen molar-refractivity contribution in [3.05, 3.63) is 18.2 Å². The molecule has 0 bridgehead atoms. The number of hydrogen-bond donors (Lipinski definition) is 1. The second-order valence-corrected chi connectivity index (χ2v) is 6.57. The summed E-state index contributed by atoms with van der Waals surface area (Å²) >= 11 is 0. The molecule has 1 aliphatic rings. The van der Waals surface area contributed by atoms with E-state index >= 15 is 0 Å². The summed E-state index contributed by atoms with van der Waals surface area (Å²) in [5.74, 6) is 2.12. The van der Waals surface area contributed by atoms with Crippen LogP contribution in [0.1, 0.15) is 26.7 Å². The normalized spacial score (nSPS) is 16.7. The maximum atomic E-state index is 12.3. The largest absolute Gasteiger partial charge is 0.486 e. The molecular formula is C15H23NO3S. The van der Waals surface area contributed by atoms with Gasteiger partial charge in [-0.15, -0.1) is 0 Å². The van der Waals surface area contributed by atoms with Gasteiger partial charge in [-0.3, -0.25) is 4.21 Å². The van der Waals surface area contributed by atoms with Crippen molar-refractivity contribution in [3.8, 4) is 11.5 Å². The van der Waals surface area contributed by atoms with Gasteiger partial charge in [-0.1, -0.05) is 6.92 Å². The molecule has 2 rings (SSSR count). The average Bonchev–Trinajstić information content (AvgIpc) is 2.50. The Hall–Kier alpha value is -1.07. The number of ether oxygens (including phenoxy) is 2. The van der Waals surface area contributed by atoms with Gasteiger partial charge in [0, 0.05) is 22.8 Å². The van der Waals surface area contributed by atoms with Gasteiger partial charge in [0.25, 0.3) is 0 Å². The van der Waals surface area contributed by atoms with Crippen LogP contribution in [-0.2, 0) is 10.8 Å². The lowest BCUT2D eigenvalue weighted by molar-refractivity contribution is 0.171. The summed E-state index contributed by atoms with van der Waals surface area (Å²) in [6.45, 7) is 6.43. The molecule has 2 unspecified atom stereocenters. The summed E-state index contributed by atoms with van der Waals surface area (Å²) in [6.07, 6.45) is 2.02. The molecule has 0 saturated heterocycles. The molecule has 0 amide bonds. The first-order valence-corrected chi connectivity index (χ1v) is 8.54. The number of benzene rings is 1. The minimum absolute atomic E-state index is 0.399. The van der Waals surface area contributed by atoms with Crippen LogP contribution in [0.4, 0.5) is 0 Å². The molecule has 0 spiro atoms. The molecule has 4 nitrogen and oxygen atoms in total. The highest BCUT2D eigenvalue weighted by Gasteiger charge is 2.14. The van der Waals surface area contributed by atoms with E-state index in [-0.39, 0.29) is 0 Å². The van der Waals surface area contributed by atoms with Gasteiger partial charge in [-0.05, 0) is 38.4 Å². The van der Waals surface area contributed by atoms with E-state index in [9.17, 15) is 4.21 Å². The molecule has 2 atom stereocenters. The van der Waals surface area contributed by atoms with Crippen LogP contribution < -0.4 is 14.8 Å². The van der Waals surface area contributed by atoms with E-state index in [0.29, 0.717) is 30.8 Å². The van der Waals surface area contributed by atoms with E-state index in [1.54, 1.807) is 0 Å². The standard InChI is InChI=1S/C15H23NO3S/c1-3-7-16-12(2)6-10-20(17)13-4-5-14-15(11-13)19-9-8-18-14/h4-5,11-12,16H,3,6-10H2,1-2H3. The third-order valence-corrected chi connectivity index (χ3v) is 4.64. The molecule has 1 N–H and O–H groups in total. The molecule has 20 heavy (non-hydrogen) atoms. The zero-order valence-corrected chi connectivity index (χ0v) is 13.0. The smallest absolute Gasteiger partial charge is 0.162 e. The zero-order valence-electron chi connectivity index (χ0n) is 12.2. The average molecular weight is 297 g/mol.